The fourth-order valence-electron chi connectivity index (χ4n) is 2.45. The average Bonchev–Trinajstić information content (AvgIpc) is 2.60. The molecule has 0 saturated heterocycles. The van der Waals surface area contributed by atoms with Crippen molar-refractivity contribution in [2.24, 2.45) is 0 Å². The van der Waals surface area contributed by atoms with E-state index in [1.54, 1.807) is 12.1 Å². The van der Waals surface area contributed by atoms with E-state index < -0.39 is 5.97 Å². The average molecular weight is 326 g/mol. The maximum atomic E-state index is 12.1. The molecule has 126 valence electrons. The Balaban J connectivity index is 1.90. The van der Waals surface area contributed by atoms with Crippen molar-refractivity contribution < 1.29 is 14.7 Å². The van der Waals surface area contributed by atoms with Crippen molar-refractivity contribution in [1.82, 2.24) is 10.6 Å². The molecule has 1 atom stereocenters. The number of nitrogens with one attached hydrogen (secondary N) is 2. The van der Waals surface area contributed by atoms with Gasteiger partial charge in [0.2, 0.25) is 0 Å². The van der Waals surface area contributed by atoms with Gasteiger partial charge in [-0.15, -0.1) is 0 Å². The van der Waals surface area contributed by atoms with Crippen molar-refractivity contribution in [2.45, 2.75) is 32.4 Å². The second-order valence-electron chi connectivity index (χ2n) is 5.58. The number of carboxylic acids is 1. The van der Waals surface area contributed by atoms with E-state index >= 15 is 0 Å². The maximum absolute atomic E-state index is 12.1. The van der Waals surface area contributed by atoms with Crippen molar-refractivity contribution >= 4 is 12.0 Å². The van der Waals surface area contributed by atoms with Crippen LogP contribution in [0.2, 0.25) is 0 Å². The van der Waals surface area contributed by atoms with Crippen molar-refractivity contribution in [3.8, 4) is 0 Å². The Bertz CT molecular complexity index is 669. The van der Waals surface area contributed by atoms with E-state index in [-0.39, 0.29) is 17.6 Å². The summed E-state index contributed by atoms with van der Waals surface area (Å²) in [5.74, 6) is -0.961. The second-order valence-corrected chi connectivity index (χ2v) is 5.58. The lowest BCUT2D eigenvalue weighted by molar-refractivity contribution is 0.0697. The van der Waals surface area contributed by atoms with E-state index in [1.807, 2.05) is 30.3 Å². The number of amides is 2. The quantitative estimate of drug-likeness (QED) is 0.725. The predicted octanol–water partition coefficient (Wildman–Crippen LogP) is 3.73. The number of benzene rings is 2. The van der Waals surface area contributed by atoms with Gasteiger partial charge in [-0.1, -0.05) is 55.8 Å². The lowest BCUT2D eigenvalue weighted by atomic mass is 10.0. The van der Waals surface area contributed by atoms with E-state index in [1.165, 1.54) is 12.1 Å². The Labute approximate surface area is 141 Å². The molecule has 5 heteroatoms. The molecule has 2 aromatic carbocycles. The Morgan fingerprint density at radius 1 is 1.04 bits per heavy atom. The van der Waals surface area contributed by atoms with Crippen molar-refractivity contribution in [2.75, 3.05) is 0 Å². The monoisotopic (exact) mass is 326 g/mol. The lowest BCUT2D eigenvalue weighted by Crippen LogP contribution is -2.37. The molecule has 3 N–H and O–H groups in total. The molecule has 0 aliphatic carbocycles. The van der Waals surface area contributed by atoms with Gasteiger partial charge in [0, 0.05) is 6.54 Å². The fourth-order valence-corrected chi connectivity index (χ4v) is 2.45. The largest absolute Gasteiger partial charge is 0.478 e. The Morgan fingerprint density at radius 2 is 1.71 bits per heavy atom. The van der Waals surface area contributed by atoms with E-state index in [0.717, 1.165) is 24.0 Å². The van der Waals surface area contributed by atoms with Gasteiger partial charge in [0.1, 0.15) is 0 Å². The summed E-state index contributed by atoms with van der Waals surface area (Å²) >= 11 is 0. The van der Waals surface area contributed by atoms with Gasteiger partial charge < -0.3 is 15.7 Å². The normalized spacial score (nSPS) is 11.5. The molecular weight excluding hydrogens is 304 g/mol. The van der Waals surface area contributed by atoms with Crippen LogP contribution in [0.5, 0.6) is 0 Å². The minimum Gasteiger partial charge on any atom is -0.478 e. The van der Waals surface area contributed by atoms with Crippen LogP contribution >= 0.6 is 0 Å². The number of hydrogen-bond acceptors (Lipinski definition) is 2. The number of aromatic carboxylic acids is 1. The highest BCUT2D eigenvalue weighted by atomic mass is 16.4. The van der Waals surface area contributed by atoms with Crippen LogP contribution in [0.3, 0.4) is 0 Å². The molecule has 0 aliphatic rings. The summed E-state index contributed by atoms with van der Waals surface area (Å²) in [5, 5.41) is 14.7. The maximum Gasteiger partial charge on any atom is 0.335 e. The zero-order chi connectivity index (χ0) is 17.4. The van der Waals surface area contributed by atoms with Crippen molar-refractivity contribution in [3.63, 3.8) is 0 Å². The molecule has 0 fully saturated rings. The minimum absolute atomic E-state index is 0.0226. The highest BCUT2D eigenvalue weighted by molar-refractivity contribution is 5.87. The van der Waals surface area contributed by atoms with Crippen LogP contribution < -0.4 is 10.6 Å². The summed E-state index contributed by atoms with van der Waals surface area (Å²) in [7, 11) is 0. The summed E-state index contributed by atoms with van der Waals surface area (Å²) in [4.78, 5) is 22.9. The summed E-state index contributed by atoms with van der Waals surface area (Å²) in [6.45, 7) is 2.43. The first kappa shape index (κ1) is 17.5. The summed E-state index contributed by atoms with van der Waals surface area (Å²) < 4.78 is 0. The molecule has 0 bridgehead atoms. The van der Waals surface area contributed by atoms with Crippen LogP contribution in [-0.4, -0.2) is 17.1 Å². The van der Waals surface area contributed by atoms with Crippen LogP contribution in [0.1, 0.15) is 47.3 Å². The van der Waals surface area contributed by atoms with Gasteiger partial charge in [0.05, 0.1) is 11.6 Å². The molecule has 0 heterocycles. The molecule has 2 amide bonds. The Hall–Kier alpha value is -2.82. The molecule has 0 aliphatic heterocycles. The minimum atomic E-state index is -0.961. The van der Waals surface area contributed by atoms with E-state index in [4.69, 9.17) is 5.11 Å². The number of rotatable bonds is 7. The van der Waals surface area contributed by atoms with E-state index in [2.05, 4.69) is 17.6 Å². The standard InChI is InChI=1S/C19H22N2O3/c1-2-6-17(15-7-4-3-5-8-15)21-19(24)20-13-14-9-11-16(12-10-14)18(22)23/h3-5,7-12,17H,2,6,13H2,1H3,(H,22,23)(H2,20,21,24). The van der Waals surface area contributed by atoms with Gasteiger partial charge in [-0.2, -0.15) is 0 Å². The molecule has 0 saturated carbocycles. The third-order valence-corrected chi connectivity index (χ3v) is 3.74. The second kappa shape index (κ2) is 8.72. The zero-order valence-corrected chi connectivity index (χ0v) is 13.7. The van der Waals surface area contributed by atoms with Gasteiger partial charge >= 0.3 is 12.0 Å². The zero-order valence-electron chi connectivity index (χ0n) is 13.7. The first-order valence-corrected chi connectivity index (χ1v) is 8.01. The Kier molecular flexibility index (Phi) is 6.37. The number of hydrogen-bond donors (Lipinski definition) is 3. The molecule has 2 rings (SSSR count). The topological polar surface area (TPSA) is 78.4 Å². The fraction of sp³-hybridized carbons (Fsp3) is 0.263. The number of carboxylic acid groups (broad SMARTS) is 1. The van der Waals surface area contributed by atoms with Gasteiger partial charge in [-0.25, -0.2) is 9.59 Å². The highest BCUT2D eigenvalue weighted by Gasteiger charge is 2.13. The summed E-state index contributed by atoms with van der Waals surface area (Å²) in [5.41, 5.74) is 2.16. The number of carbonyl (C=O) groups is 2. The van der Waals surface area contributed by atoms with Gasteiger partial charge in [-0.3, -0.25) is 0 Å². The van der Waals surface area contributed by atoms with Crippen LogP contribution in [0.4, 0.5) is 4.79 Å². The third-order valence-electron chi connectivity index (χ3n) is 3.74. The predicted molar refractivity (Wildman–Crippen MR) is 92.9 cm³/mol. The van der Waals surface area contributed by atoms with E-state index in [9.17, 15) is 9.59 Å². The Morgan fingerprint density at radius 3 is 2.29 bits per heavy atom. The summed E-state index contributed by atoms with van der Waals surface area (Å²) in [6.07, 6.45) is 1.83. The molecule has 5 nitrogen and oxygen atoms in total. The van der Waals surface area contributed by atoms with Crippen LogP contribution in [0, 0.1) is 0 Å². The van der Waals surface area contributed by atoms with E-state index in [0.29, 0.717) is 6.54 Å². The van der Waals surface area contributed by atoms with Gasteiger partial charge in [0.25, 0.3) is 0 Å². The smallest absolute Gasteiger partial charge is 0.335 e. The number of urea groups is 1. The summed E-state index contributed by atoms with van der Waals surface area (Å²) in [6, 6.07) is 16.1. The van der Waals surface area contributed by atoms with Crippen LogP contribution in [0.25, 0.3) is 0 Å². The lowest BCUT2D eigenvalue weighted by Gasteiger charge is -2.19. The first-order valence-electron chi connectivity index (χ1n) is 8.01. The molecular formula is C19H22N2O3. The van der Waals surface area contributed by atoms with Crippen molar-refractivity contribution in [1.29, 1.82) is 0 Å². The molecule has 2 aromatic rings. The first-order chi connectivity index (χ1) is 11.6. The third kappa shape index (κ3) is 5.12. The van der Waals surface area contributed by atoms with Gasteiger partial charge in [0.15, 0.2) is 0 Å². The van der Waals surface area contributed by atoms with Crippen LogP contribution in [0.15, 0.2) is 54.6 Å². The van der Waals surface area contributed by atoms with Crippen LogP contribution in [-0.2, 0) is 6.54 Å². The molecule has 0 radical (unpaired) electrons. The van der Waals surface area contributed by atoms with Crippen molar-refractivity contribution in [3.05, 3.63) is 71.3 Å². The van der Waals surface area contributed by atoms with Gasteiger partial charge in [-0.05, 0) is 29.7 Å². The number of carbonyl (C=O) groups excluding carboxylic acids is 1. The SMILES string of the molecule is CCCC(NC(=O)NCc1ccc(C(=O)O)cc1)c1ccccc1. The highest BCUT2D eigenvalue weighted by Crippen LogP contribution is 2.17. The molecule has 1 unspecified atom stereocenters. The molecule has 24 heavy (non-hydrogen) atoms. The molecule has 0 aromatic heterocycles. The molecule has 0 spiro atoms.